The van der Waals surface area contributed by atoms with Gasteiger partial charge in [0.05, 0.1) is 10.5 Å². The van der Waals surface area contributed by atoms with Crippen LogP contribution in [0.5, 0.6) is 0 Å². The highest BCUT2D eigenvalue weighted by Gasteiger charge is 2.32. The van der Waals surface area contributed by atoms with Gasteiger partial charge in [0.15, 0.2) is 23.3 Å². The van der Waals surface area contributed by atoms with Crippen molar-refractivity contribution in [1.29, 1.82) is 0 Å². The van der Waals surface area contributed by atoms with Gasteiger partial charge >= 0.3 is 0 Å². The maximum atomic E-state index is 14.4. The van der Waals surface area contributed by atoms with Crippen LogP contribution < -0.4 is 14.9 Å². The second-order valence-corrected chi connectivity index (χ2v) is 9.99. The molecule has 2 saturated heterocycles. The van der Waals surface area contributed by atoms with E-state index in [2.05, 4.69) is 0 Å². The zero-order valence-electron chi connectivity index (χ0n) is 18.5. The summed E-state index contributed by atoms with van der Waals surface area (Å²) in [5, 5.41) is 5.25. The molecule has 1 amide bonds. The van der Waals surface area contributed by atoms with Gasteiger partial charge in [-0.05, 0) is 38.0 Å². The third kappa shape index (κ3) is 4.31. The predicted octanol–water partition coefficient (Wildman–Crippen LogP) is 2.76. The van der Waals surface area contributed by atoms with Gasteiger partial charge < -0.3 is 14.7 Å². The number of piperazine rings is 1. The summed E-state index contributed by atoms with van der Waals surface area (Å²) in [6.07, 6.45) is 1.87. The highest BCUT2D eigenvalue weighted by molar-refractivity contribution is 7.89. The van der Waals surface area contributed by atoms with E-state index in [9.17, 15) is 30.8 Å². The van der Waals surface area contributed by atoms with E-state index in [0.717, 1.165) is 24.7 Å². The highest BCUT2D eigenvalue weighted by atomic mass is 32.2. The number of rotatable bonds is 4. The summed E-state index contributed by atoms with van der Waals surface area (Å²) < 4.78 is 80.5. The lowest BCUT2D eigenvalue weighted by molar-refractivity contribution is 0.0746. The van der Waals surface area contributed by atoms with Crippen molar-refractivity contribution >= 4 is 27.3 Å². The Labute approximate surface area is 194 Å². The molecule has 2 aliphatic rings. The fourth-order valence-electron chi connectivity index (χ4n) is 4.41. The maximum Gasteiger partial charge on any atom is 0.256 e. The Hall–Kier alpha value is -2.86. The number of hydrogen-bond donors (Lipinski definition) is 1. The first kappa shape index (κ1) is 24.3. The van der Waals surface area contributed by atoms with Gasteiger partial charge in [0.2, 0.25) is 10.0 Å². The van der Waals surface area contributed by atoms with Gasteiger partial charge in [-0.15, -0.1) is 0 Å². The Balaban J connectivity index is 1.60. The molecule has 2 N–H and O–H groups in total. The molecule has 0 aromatic heterocycles. The van der Waals surface area contributed by atoms with Crippen LogP contribution in [-0.4, -0.2) is 58.5 Å². The molecule has 2 aromatic carbocycles. The van der Waals surface area contributed by atoms with Crippen molar-refractivity contribution < 1.29 is 30.8 Å². The van der Waals surface area contributed by atoms with Gasteiger partial charge in [-0.25, -0.2) is 31.1 Å². The number of primary sulfonamides is 1. The summed E-state index contributed by atoms with van der Waals surface area (Å²) in [6, 6.07) is 4.14. The Morgan fingerprint density at radius 3 is 1.94 bits per heavy atom. The number of sulfonamides is 1. The van der Waals surface area contributed by atoms with Crippen molar-refractivity contribution in [2.24, 2.45) is 5.14 Å². The molecular weight excluding hydrogens is 476 g/mol. The second-order valence-electron chi connectivity index (χ2n) is 8.43. The zero-order valence-corrected chi connectivity index (χ0v) is 19.3. The highest BCUT2D eigenvalue weighted by Crippen LogP contribution is 2.32. The molecular formula is C22H24F4N4O3S. The van der Waals surface area contributed by atoms with Gasteiger partial charge in [-0.1, -0.05) is 0 Å². The average molecular weight is 501 g/mol. The summed E-state index contributed by atoms with van der Waals surface area (Å²) in [6.45, 7) is 2.25. The third-order valence-corrected chi connectivity index (χ3v) is 7.23. The number of nitrogens with zero attached hydrogens (tertiary/aromatic N) is 3. The first-order valence-corrected chi connectivity index (χ1v) is 12.3. The summed E-state index contributed by atoms with van der Waals surface area (Å²) >= 11 is 0. The van der Waals surface area contributed by atoms with Crippen molar-refractivity contribution in [2.45, 2.75) is 24.7 Å². The van der Waals surface area contributed by atoms with Crippen molar-refractivity contribution in [3.05, 3.63) is 52.6 Å². The van der Waals surface area contributed by atoms with Crippen molar-refractivity contribution in [3.63, 3.8) is 0 Å². The van der Waals surface area contributed by atoms with E-state index in [0.29, 0.717) is 18.8 Å². The Morgan fingerprint density at radius 1 is 0.853 bits per heavy atom. The van der Waals surface area contributed by atoms with E-state index in [1.165, 1.54) is 17.0 Å². The van der Waals surface area contributed by atoms with E-state index >= 15 is 0 Å². The quantitative estimate of drug-likeness (QED) is 0.516. The Kier molecular flexibility index (Phi) is 6.47. The largest absolute Gasteiger partial charge is 0.371 e. The van der Waals surface area contributed by atoms with Crippen LogP contribution in [0.25, 0.3) is 0 Å². The second kappa shape index (κ2) is 9.06. The van der Waals surface area contributed by atoms with Crippen LogP contribution in [0.15, 0.2) is 23.1 Å². The minimum Gasteiger partial charge on any atom is -0.371 e. The van der Waals surface area contributed by atoms with Gasteiger partial charge in [0.1, 0.15) is 5.69 Å². The van der Waals surface area contributed by atoms with E-state index < -0.39 is 50.5 Å². The monoisotopic (exact) mass is 500 g/mol. The molecule has 34 heavy (non-hydrogen) atoms. The summed E-state index contributed by atoms with van der Waals surface area (Å²) in [4.78, 5) is 17.7. The van der Waals surface area contributed by atoms with Crippen molar-refractivity contribution in [1.82, 2.24) is 4.90 Å². The van der Waals surface area contributed by atoms with Crippen LogP contribution in [-0.2, 0) is 10.0 Å². The molecule has 0 bridgehead atoms. The fraction of sp³-hybridized carbons (Fsp3) is 0.409. The molecule has 0 aliphatic carbocycles. The van der Waals surface area contributed by atoms with E-state index in [4.69, 9.17) is 5.14 Å². The van der Waals surface area contributed by atoms with Gasteiger partial charge in [-0.2, -0.15) is 0 Å². The van der Waals surface area contributed by atoms with Crippen LogP contribution in [0.2, 0.25) is 0 Å². The standard InChI is InChI=1S/C22H24F4N4O3S/c1-13-17(23)19(25)21(20(26)18(13)24)29-8-10-30(11-9-29)22(31)15-12-14(34(27,32)33)4-5-16(15)28-6-2-3-7-28/h4-5,12H,2-3,6-11H2,1H3,(H2,27,32,33). The van der Waals surface area contributed by atoms with Crippen LogP contribution in [0.4, 0.5) is 28.9 Å². The first-order chi connectivity index (χ1) is 16.0. The molecule has 2 heterocycles. The van der Waals surface area contributed by atoms with Gasteiger partial charge in [-0.3, -0.25) is 4.79 Å². The summed E-state index contributed by atoms with van der Waals surface area (Å²) in [5.41, 5.74) is -0.804. The molecule has 2 fully saturated rings. The maximum absolute atomic E-state index is 14.4. The number of hydrogen-bond acceptors (Lipinski definition) is 5. The molecule has 2 aromatic rings. The summed E-state index contributed by atoms with van der Waals surface area (Å²) in [7, 11) is -4.05. The van der Waals surface area contributed by atoms with E-state index in [1.54, 1.807) is 6.07 Å². The normalized spacial score (nSPS) is 16.9. The minimum absolute atomic E-state index is 0.00781. The summed E-state index contributed by atoms with van der Waals surface area (Å²) in [5.74, 6) is -6.33. The molecule has 2 aliphatic heterocycles. The molecule has 0 saturated carbocycles. The number of anilines is 2. The van der Waals surface area contributed by atoms with E-state index in [1.807, 2.05) is 4.90 Å². The lowest BCUT2D eigenvalue weighted by atomic mass is 10.1. The van der Waals surface area contributed by atoms with Gasteiger partial charge in [0, 0.05) is 50.5 Å². The van der Waals surface area contributed by atoms with Crippen LogP contribution in [0.1, 0.15) is 28.8 Å². The minimum atomic E-state index is -4.05. The number of carbonyl (C=O) groups is 1. The molecule has 7 nitrogen and oxygen atoms in total. The molecule has 0 atom stereocenters. The fourth-order valence-corrected chi connectivity index (χ4v) is 4.95. The van der Waals surface area contributed by atoms with Crippen molar-refractivity contribution in [2.75, 3.05) is 49.1 Å². The molecule has 0 unspecified atom stereocenters. The number of benzene rings is 2. The lowest BCUT2D eigenvalue weighted by Crippen LogP contribution is -2.49. The van der Waals surface area contributed by atoms with E-state index in [-0.39, 0.29) is 36.6 Å². The molecule has 12 heteroatoms. The molecule has 0 spiro atoms. The van der Waals surface area contributed by atoms with Crippen LogP contribution >= 0.6 is 0 Å². The lowest BCUT2D eigenvalue weighted by Gasteiger charge is -2.37. The molecule has 184 valence electrons. The molecule has 0 radical (unpaired) electrons. The van der Waals surface area contributed by atoms with Crippen LogP contribution in [0, 0.1) is 30.2 Å². The Bertz CT molecular complexity index is 1210. The number of amides is 1. The topological polar surface area (TPSA) is 87.0 Å². The SMILES string of the molecule is Cc1c(F)c(F)c(N2CCN(C(=O)c3cc(S(N)(=O)=O)ccc3N3CCCC3)CC2)c(F)c1F. The third-order valence-electron chi connectivity index (χ3n) is 6.32. The first-order valence-electron chi connectivity index (χ1n) is 10.8. The number of nitrogens with two attached hydrogens (primary N) is 1. The molecule has 4 rings (SSSR count). The Morgan fingerprint density at radius 2 is 1.41 bits per heavy atom. The average Bonchev–Trinajstić information content (AvgIpc) is 3.35. The smallest absolute Gasteiger partial charge is 0.256 e. The number of halogens is 4. The van der Waals surface area contributed by atoms with Crippen LogP contribution in [0.3, 0.4) is 0 Å². The van der Waals surface area contributed by atoms with Gasteiger partial charge in [0.25, 0.3) is 5.91 Å². The zero-order chi connectivity index (χ0) is 24.8. The predicted molar refractivity (Wildman–Crippen MR) is 118 cm³/mol. The number of carbonyl (C=O) groups excluding carboxylic acids is 1. The van der Waals surface area contributed by atoms with Crippen molar-refractivity contribution in [3.8, 4) is 0 Å².